The first-order valence-corrected chi connectivity index (χ1v) is 15.5. The molecule has 0 radical (unpaired) electrons. The second kappa shape index (κ2) is 7.96. The molecule has 5 saturated carbocycles. The van der Waals surface area contributed by atoms with Crippen LogP contribution in [0.4, 0.5) is 4.39 Å². The minimum absolute atomic E-state index is 0.0667. The van der Waals surface area contributed by atoms with Crippen molar-refractivity contribution in [3.05, 3.63) is 0 Å². The van der Waals surface area contributed by atoms with Gasteiger partial charge in [0.25, 0.3) is 0 Å². The van der Waals surface area contributed by atoms with Gasteiger partial charge in [0.15, 0.2) is 0 Å². The molecule has 6 rings (SSSR count). The van der Waals surface area contributed by atoms with Crippen molar-refractivity contribution in [2.75, 3.05) is 39.0 Å². The maximum Gasteiger partial charge on any atom is 0.211 e. The van der Waals surface area contributed by atoms with Crippen molar-refractivity contribution < 1.29 is 22.7 Å². The highest BCUT2D eigenvalue weighted by atomic mass is 32.2. The number of sulfonamides is 1. The predicted molar refractivity (Wildman–Crippen MR) is 127 cm³/mol. The Morgan fingerprint density at radius 3 is 2.29 bits per heavy atom. The summed E-state index contributed by atoms with van der Waals surface area (Å²) >= 11 is 0. The van der Waals surface area contributed by atoms with Crippen LogP contribution >= 0.6 is 0 Å². The molecule has 0 aromatic carbocycles. The third-order valence-corrected chi connectivity index (χ3v) is 12.9. The Morgan fingerprint density at radius 1 is 0.941 bits per heavy atom. The molecule has 1 N–H and O–H groups in total. The standard InChI is InChI=1S/C26H41FN2O4S/c1-25-9-7-16-17-8-10-26(31)23(24(26)27)19(17)4-3-18(16)20(25)5-6-21(25)22(30)15-28-11-13-29(14-12-28)34(2,32)33/h16-21,23-24,31H,3-15H2,1-2H3/t16-,17-,18-,19+,20+,21-,23?,24?,25+,26-/m1/s1. The molecular weight excluding hydrogens is 455 g/mol. The van der Waals surface area contributed by atoms with E-state index >= 15 is 0 Å². The number of fused-ring (bicyclic) bond motifs is 7. The largest absolute Gasteiger partial charge is 0.386 e. The smallest absolute Gasteiger partial charge is 0.211 e. The highest BCUT2D eigenvalue weighted by molar-refractivity contribution is 7.88. The first-order valence-electron chi connectivity index (χ1n) is 13.6. The van der Waals surface area contributed by atoms with Crippen molar-refractivity contribution >= 4 is 15.8 Å². The minimum Gasteiger partial charge on any atom is -0.386 e. The van der Waals surface area contributed by atoms with Crippen molar-refractivity contribution in [2.45, 2.75) is 70.1 Å². The van der Waals surface area contributed by atoms with Crippen molar-refractivity contribution in [3.8, 4) is 0 Å². The van der Waals surface area contributed by atoms with Crippen molar-refractivity contribution in [1.82, 2.24) is 9.21 Å². The lowest BCUT2D eigenvalue weighted by molar-refractivity contribution is -0.132. The molecule has 1 saturated heterocycles. The van der Waals surface area contributed by atoms with Gasteiger partial charge in [-0.05, 0) is 86.4 Å². The lowest BCUT2D eigenvalue weighted by Gasteiger charge is -2.55. The van der Waals surface area contributed by atoms with E-state index in [4.69, 9.17) is 0 Å². The van der Waals surface area contributed by atoms with Crippen LogP contribution < -0.4 is 0 Å². The monoisotopic (exact) mass is 496 g/mol. The Hall–Kier alpha value is -0.570. The van der Waals surface area contributed by atoms with E-state index in [1.54, 1.807) is 0 Å². The predicted octanol–water partition coefficient (Wildman–Crippen LogP) is 2.71. The number of rotatable bonds is 4. The molecule has 6 nitrogen and oxygen atoms in total. The van der Waals surface area contributed by atoms with E-state index in [0.29, 0.717) is 74.5 Å². The van der Waals surface area contributed by atoms with Crippen LogP contribution in [-0.2, 0) is 14.8 Å². The summed E-state index contributed by atoms with van der Waals surface area (Å²) in [6.45, 7) is 5.01. The van der Waals surface area contributed by atoms with E-state index in [1.807, 2.05) is 0 Å². The molecule has 1 aliphatic heterocycles. The molecule has 0 bridgehead atoms. The fraction of sp³-hybridized carbons (Fsp3) is 0.962. The number of piperazine rings is 1. The number of alkyl halides is 1. The molecule has 0 aromatic rings. The number of nitrogens with zero attached hydrogens (tertiary/aromatic N) is 2. The first-order chi connectivity index (χ1) is 16.0. The van der Waals surface area contributed by atoms with Crippen LogP contribution in [0.15, 0.2) is 0 Å². The van der Waals surface area contributed by atoms with E-state index in [0.717, 1.165) is 44.9 Å². The molecule has 6 fully saturated rings. The molecule has 2 unspecified atom stereocenters. The Balaban J connectivity index is 1.11. The van der Waals surface area contributed by atoms with Gasteiger partial charge in [0.05, 0.1) is 12.8 Å². The zero-order valence-corrected chi connectivity index (χ0v) is 21.5. The number of carbonyl (C=O) groups is 1. The van der Waals surface area contributed by atoms with Gasteiger partial charge in [-0.1, -0.05) is 6.92 Å². The molecule has 10 atom stereocenters. The summed E-state index contributed by atoms with van der Waals surface area (Å²) in [5.41, 5.74) is -0.938. The summed E-state index contributed by atoms with van der Waals surface area (Å²) in [5, 5.41) is 10.6. The third kappa shape index (κ3) is 3.48. The number of hydrogen-bond acceptors (Lipinski definition) is 5. The molecule has 192 valence electrons. The number of carbonyl (C=O) groups excluding carboxylic acids is 1. The van der Waals surface area contributed by atoms with Crippen LogP contribution in [-0.4, -0.2) is 79.3 Å². The molecule has 0 aromatic heterocycles. The van der Waals surface area contributed by atoms with Crippen molar-refractivity contribution in [3.63, 3.8) is 0 Å². The van der Waals surface area contributed by atoms with E-state index < -0.39 is 21.8 Å². The molecule has 0 amide bonds. The van der Waals surface area contributed by atoms with Crippen LogP contribution in [0.2, 0.25) is 0 Å². The highest BCUT2D eigenvalue weighted by Crippen LogP contribution is 2.69. The topological polar surface area (TPSA) is 77.9 Å². The van der Waals surface area contributed by atoms with E-state index in [1.165, 1.54) is 10.6 Å². The second-order valence-electron chi connectivity index (χ2n) is 12.9. The zero-order valence-electron chi connectivity index (χ0n) is 20.7. The summed E-state index contributed by atoms with van der Waals surface area (Å²) in [6.07, 6.45) is 8.41. The maximum absolute atomic E-state index is 14.4. The van der Waals surface area contributed by atoms with Gasteiger partial charge in [-0.2, -0.15) is 4.31 Å². The SMILES string of the molecule is C[C@]12CC[C@@H]3[C@H]4CC[C@]5(O)C(F)C5[C@H]4CC[C@H]3[C@@H]1CC[C@@H]2C(=O)CN1CCN(S(C)(=O)=O)CC1. The Kier molecular flexibility index (Phi) is 5.58. The Morgan fingerprint density at radius 2 is 1.59 bits per heavy atom. The van der Waals surface area contributed by atoms with Crippen LogP contribution in [0.25, 0.3) is 0 Å². The van der Waals surface area contributed by atoms with Gasteiger partial charge in [0.1, 0.15) is 17.6 Å². The Labute approximate surface area is 203 Å². The van der Waals surface area contributed by atoms with Crippen LogP contribution in [0.1, 0.15) is 58.3 Å². The number of hydrogen-bond donors (Lipinski definition) is 1. The van der Waals surface area contributed by atoms with E-state index in [2.05, 4.69) is 11.8 Å². The number of aliphatic hydroxyl groups is 1. The van der Waals surface area contributed by atoms with Gasteiger partial charge in [0, 0.05) is 38.0 Å². The molecule has 8 heteroatoms. The number of halogens is 1. The molecule has 6 aliphatic rings. The summed E-state index contributed by atoms with van der Waals surface area (Å²) in [4.78, 5) is 15.7. The normalized spacial score (nSPS) is 51.2. The van der Waals surface area contributed by atoms with Gasteiger partial charge >= 0.3 is 0 Å². The average molecular weight is 497 g/mol. The number of ketones is 1. The lowest BCUT2D eigenvalue weighted by atomic mass is 9.49. The van der Waals surface area contributed by atoms with Gasteiger partial charge in [0.2, 0.25) is 10.0 Å². The molecule has 1 heterocycles. The van der Waals surface area contributed by atoms with Crippen LogP contribution in [0.5, 0.6) is 0 Å². The van der Waals surface area contributed by atoms with Gasteiger partial charge in [-0.15, -0.1) is 0 Å². The minimum atomic E-state index is -3.16. The fourth-order valence-electron chi connectivity index (χ4n) is 9.83. The zero-order chi connectivity index (χ0) is 24.0. The summed E-state index contributed by atoms with van der Waals surface area (Å²) in [6, 6.07) is 0. The summed E-state index contributed by atoms with van der Waals surface area (Å²) in [5.74, 6) is 3.17. The fourth-order valence-corrected chi connectivity index (χ4v) is 10.7. The highest BCUT2D eigenvalue weighted by Gasteiger charge is 2.72. The Bertz CT molecular complexity index is 952. The first kappa shape index (κ1) is 23.8. The molecule has 5 aliphatic carbocycles. The van der Waals surface area contributed by atoms with Crippen LogP contribution in [0, 0.1) is 46.8 Å². The maximum atomic E-state index is 14.4. The van der Waals surface area contributed by atoms with Gasteiger partial charge in [-0.25, -0.2) is 12.8 Å². The van der Waals surface area contributed by atoms with Crippen molar-refractivity contribution in [2.24, 2.45) is 46.8 Å². The summed E-state index contributed by atoms with van der Waals surface area (Å²) in [7, 11) is -3.16. The second-order valence-corrected chi connectivity index (χ2v) is 14.9. The summed E-state index contributed by atoms with van der Waals surface area (Å²) < 4.78 is 39.5. The van der Waals surface area contributed by atoms with E-state index in [-0.39, 0.29) is 17.3 Å². The van der Waals surface area contributed by atoms with Gasteiger partial charge in [-0.3, -0.25) is 9.69 Å². The molecular formula is C26H41FN2O4S. The third-order valence-electron chi connectivity index (χ3n) is 11.6. The molecule has 34 heavy (non-hydrogen) atoms. The number of Topliss-reactive ketones (excluding diaryl/α,β-unsaturated/α-hetero) is 1. The molecule has 0 spiro atoms. The van der Waals surface area contributed by atoms with Crippen molar-refractivity contribution in [1.29, 1.82) is 0 Å². The van der Waals surface area contributed by atoms with Gasteiger partial charge < -0.3 is 5.11 Å². The lowest BCUT2D eigenvalue weighted by Crippen LogP contribution is -2.52. The quantitative estimate of drug-likeness (QED) is 0.648. The average Bonchev–Trinajstić information content (AvgIpc) is 3.16. The van der Waals surface area contributed by atoms with E-state index in [9.17, 15) is 22.7 Å². The van der Waals surface area contributed by atoms with Crippen LogP contribution in [0.3, 0.4) is 0 Å².